The summed E-state index contributed by atoms with van der Waals surface area (Å²) in [4.78, 5) is 2.18. The fraction of sp³-hybridized carbons (Fsp3) is 0.400. The van der Waals surface area contributed by atoms with Gasteiger partial charge in [0.15, 0.2) is 11.6 Å². The van der Waals surface area contributed by atoms with E-state index in [2.05, 4.69) is 34.0 Å². The van der Waals surface area contributed by atoms with Crippen LogP contribution in [-0.2, 0) is 0 Å². The number of aryl methyl sites for hydroxylation is 2. The smallest absolute Gasteiger partial charge is 0.151 e. The average molecular weight is 287 g/mol. The predicted octanol–water partition coefficient (Wildman–Crippen LogP) is 2.33. The molecule has 1 aromatic carbocycles. The molecule has 0 bridgehead atoms. The van der Waals surface area contributed by atoms with Gasteiger partial charge in [0.2, 0.25) is 0 Å². The molecule has 112 valence electrons. The van der Waals surface area contributed by atoms with E-state index in [1.54, 1.807) is 17.0 Å². The highest BCUT2D eigenvalue weighted by Crippen LogP contribution is 2.23. The third-order valence-corrected chi connectivity index (χ3v) is 3.41. The van der Waals surface area contributed by atoms with Crippen molar-refractivity contribution in [2.75, 3.05) is 18.0 Å². The Morgan fingerprint density at radius 1 is 1.19 bits per heavy atom. The SMILES string of the molecule is CCN(CC)c1ccc(/C=N/n2c(C)nnc2C)c(O)c1. The van der Waals surface area contributed by atoms with Gasteiger partial charge in [-0.1, -0.05) is 0 Å². The topological polar surface area (TPSA) is 66.5 Å². The largest absolute Gasteiger partial charge is 0.507 e. The maximum Gasteiger partial charge on any atom is 0.151 e. The monoisotopic (exact) mass is 287 g/mol. The number of hydrogen-bond donors (Lipinski definition) is 1. The van der Waals surface area contributed by atoms with Crippen molar-refractivity contribution in [3.8, 4) is 5.75 Å². The van der Waals surface area contributed by atoms with Crippen LogP contribution in [0.4, 0.5) is 5.69 Å². The summed E-state index contributed by atoms with van der Waals surface area (Å²) in [6, 6.07) is 5.61. The second kappa shape index (κ2) is 6.39. The molecule has 0 unspecified atom stereocenters. The molecule has 0 aliphatic rings. The summed E-state index contributed by atoms with van der Waals surface area (Å²) in [5.74, 6) is 1.64. The van der Waals surface area contributed by atoms with Gasteiger partial charge < -0.3 is 10.0 Å². The highest BCUT2D eigenvalue weighted by atomic mass is 16.3. The van der Waals surface area contributed by atoms with Crippen molar-refractivity contribution < 1.29 is 5.11 Å². The number of hydrogen-bond acceptors (Lipinski definition) is 5. The van der Waals surface area contributed by atoms with E-state index in [4.69, 9.17) is 0 Å². The summed E-state index contributed by atoms with van der Waals surface area (Å²) in [6.07, 6.45) is 1.62. The molecule has 0 atom stereocenters. The van der Waals surface area contributed by atoms with Gasteiger partial charge in [-0.3, -0.25) is 0 Å². The Morgan fingerprint density at radius 2 is 1.81 bits per heavy atom. The lowest BCUT2D eigenvalue weighted by Crippen LogP contribution is -2.21. The Labute approximate surface area is 124 Å². The average Bonchev–Trinajstić information content (AvgIpc) is 2.79. The third-order valence-electron chi connectivity index (χ3n) is 3.41. The molecular weight excluding hydrogens is 266 g/mol. The fourth-order valence-corrected chi connectivity index (χ4v) is 2.18. The third kappa shape index (κ3) is 3.21. The van der Waals surface area contributed by atoms with Gasteiger partial charge in [-0.25, -0.2) is 4.68 Å². The van der Waals surface area contributed by atoms with E-state index in [0.29, 0.717) is 17.2 Å². The lowest BCUT2D eigenvalue weighted by Gasteiger charge is -2.21. The van der Waals surface area contributed by atoms with E-state index in [1.165, 1.54) is 0 Å². The molecule has 1 aromatic heterocycles. The van der Waals surface area contributed by atoms with Crippen LogP contribution in [0.15, 0.2) is 23.3 Å². The molecule has 0 fully saturated rings. The summed E-state index contributed by atoms with van der Waals surface area (Å²) in [6.45, 7) is 9.66. The van der Waals surface area contributed by atoms with Crippen LogP contribution < -0.4 is 4.90 Å². The number of phenols is 1. The van der Waals surface area contributed by atoms with Crippen molar-refractivity contribution in [3.63, 3.8) is 0 Å². The summed E-state index contributed by atoms with van der Waals surface area (Å²) in [7, 11) is 0. The molecule has 0 aliphatic carbocycles. The Kier molecular flexibility index (Phi) is 4.57. The molecule has 0 saturated heterocycles. The first-order valence-electron chi connectivity index (χ1n) is 7.07. The maximum atomic E-state index is 10.1. The van der Waals surface area contributed by atoms with Gasteiger partial charge >= 0.3 is 0 Å². The summed E-state index contributed by atoms with van der Waals surface area (Å²) >= 11 is 0. The van der Waals surface area contributed by atoms with Crippen molar-refractivity contribution in [2.24, 2.45) is 5.10 Å². The van der Waals surface area contributed by atoms with E-state index in [0.717, 1.165) is 18.8 Å². The van der Waals surface area contributed by atoms with E-state index in [1.807, 2.05) is 26.0 Å². The van der Waals surface area contributed by atoms with E-state index < -0.39 is 0 Å². The first-order chi connectivity index (χ1) is 10.1. The van der Waals surface area contributed by atoms with Crippen molar-refractivity contribution in [3.05, 3.63) is 35.4 Å². The lowest BCUT2D eigenvalue weighted by molar-refractivity contribution is 0.474. The fourth-order valence-electron chi connectivity index (χ4n) is 2.18. The van der Waals surface area contributed by atoms with Crippen LogP contribution in [0.1, 0.15) is 31.1 Å². The quantitative estimate of drug-likeness (QED) is 0.857. The predicted molar refractivity (Wildman–Crippen MR) is 84.2 cm³/mol. The molecule has 0 radical (unpaired) electrons. The van der Waals surface area contributed by atoms with Crippen LogP contribution in [0.3, 0.4) is 0 Å². The summed E-state index contributed by atoms with van der Waals surface area (Å²) in [5, 5.41) is 22.3. The minimum atomic E-state index is 0.214. The molecule has 2 aromatic rings. The van der Waals surface area contributed by atoms with Gasteiger partial charge in [0.25, 0.3) is 0 Å². The van der Waals surface area contributed by atoms with Crippen LogP contribution in [-0.4, -0.2) is 39.3 Å². The van der Waals surface area contributed by atoms with Crippen LogP contribution in [0.5, 0.6) is 5.75 Å². The zero-order valence-electron chi connectivity index (χ0n) is 12.9. The molecule has 0 saturated carbocycles. The van der Waals surface area contributed by atoms with Crippen LogP contribution >= 0.6 is 0 Å². The minimum Gasteiger partial charge on any atom is -0.507 e. The normalized spacial score (nSPS) is 11.2. The van der Waals surface area contributed by atoms with Gasteiger partial charge in [0.1, 0.15) is 5.75 Å². The Hall–Kier alpha value is -2.37. The molecule has 2 rings (SSSR count). The van der Waals surface area contributed by atoms with E-state index >= 15 is 0 Å². The molecular formula is C15H21N5O. The Morgan fingerprint density at radius 3 is 2.33 bits per heavy atom. The van der Waals surface area contributed by atoms with Crippen LogP contribution in [0, 0.1) is 13.8 Å². The second-order valence-electron chi connectivity index (χ2n) is 4.77. The number of aromatic nitrogens is 3. The van der Waals surface area contributed by atoms with Gasteiger partial charge in [-0.05, 0) is 39.8 Å². The standard InChI is InChI=1S/C15H21N5O/c1-5-19(6-2)14-8-7-13(15(21)9-14)10-16-20-11(3)17-18-12(20)4/h7-10,21H,5-6H2,1-4H3/b16-10+. The molecule has 1 N–H and O–H groups in total. The number of nitrogens with zero attached hydrogens (tertiary/aromatic N) is 5. The molecule has 1 heterocycles. The Bertz CT molecular complexity index is 624. The number of rotatable bonds is 5. The summed E-state index contributed by atoms with van der Waals surface area (Å²) in [5.41, 5.74) is 1.67. The van der Waals surface area contributed by atoms with Crippen LogP contribution in [0.2, 0.25) is 0 Å². The Balaban J connectivity index is 2.26. The molecule has 21 heavy (non-hydrogen) atoms. The number of phenolic OH excluding ortho intramolecular Hbond substituents is 1. The lowest BCUT2D eigenvalue weighted by atomic mass is 10.2. The van der Waals surface area contributed by atoms with Crippen molar-refractivity contribution in [2.45, 2.75) is 27.7 Å². The summed E-state index contributed by atoms with van der Waals surface area (Å²) < 4.78 is 1.64. The van der Waals surface area contributed by atoms with Gasteiger partial charge in [0, 0.05) is 30.4 Å². The van der Waals surface area contributed by atoms with Crippen molar-refractivity contribution in [1.82, 2.24) is 14.9 Å². The molecule has 0 aliphatic heterocycles. The second-order valence-corrected chi connectivity index (χ2v) is 4.77. The zero-order valence-corrected chi connectivity index (χ0v) is 12.9. The number of anilines is 1. The van der Waals surface area contributed by atoms with E-state index in [-0.39, 0.29) is 5.75 Å². The number of benzene rings is 1. The van der Waals surface area contributed by atoms with Gasteiger partial charge in [0.05, 0.1) is 6.21 Å². The maximum absolute atomic E-state index is 10.1. The highest BCUT2D eigenvalue weighted by molar-refractivity contribution is 5.84. The van der Waals surface area contributed by atoms with E-state index in [9.17, 15) is 5.11 Å². The number of aromatic hydroxyl groups is 1. The molecule has 6 nitrogen and oxygen atoms in total. The highest BCUT2D eigenvalue weighted by Gasteiger charge is 2.06. The first-order valence-corrected chi connectivity index (χ1v) is 7.07. The van der Waals surface area contributed by atoms with Crippen molar-refractivity contribution >= 4 is 11.9 Å². The van der Waals surface area contributed by atoms with Gasteiger partial charge in [-0.2, -0.15) is 5.10 Å². The molecule has 0 amide bonds. The molecule has 0 spiro atoms. The minimum absolute atomic E-state index is 0.214. The van der Waals surface area contributed by atoms with Gasteiger partial charge in [-0.15, -0.1) is 10.2 Å². The zero-order chi connectivity index (χ0) is 15.4. The molecule has 6 heteroatoms. The van der Waals surface area contributed by atoms with Crippen molar-refractivity contribution in [1.29, 1.82) is 0 Å². The van der Waals surface area contributed by atoms with Crippen LogP contribution in [0.25, 0.3) is 0 Å². The first kappa shape index (κ1) is 15.0.